The lowest BCUT2D eigenvalue weighted by Crippen LogP contribution is -2.23. The van der Waals surface area contributed by atoms with Crippen LogP contribution in [0.4, 0.5) is 0 Å². The van der Waals surface area contributed by atoms with Crippen LogP contribution in [0.25, 0.3) is 0 Å². The molecule has 1 amide bonds. The van der Waals surface area contributed by atoms with E-state index >= 15 is 0 Å². The highest BCUT2D eigenvalue weighted by Crippen LogP contribution is 2.38. The third kappa shape index (κ3) is 5.45. The van der Waals surface area contributed by atoms with Gasteiger partial charge in [0.05, 0.1) is 35.5 Å². The maximum Gasteiger partial charge on any atom is 0.220 e. The van der Waals surface area contributed by atoms with Gasteiger partial charge in [-0.1, -0.05) is 0 Å². The van der Waals surface area contributed by atoms with E-state index in [-0.39, 0.29) is 5.91 Å². The molecule has 0 bridgehead atoms. The first kappa shape index (κ1) is 21.2. The Labute approximate surface area is 165 Å². The number of carbonyl (C=O) groups excluding carboxylic acids is 1. The molecule has 0 fully saturated rings. The SMILES string of the molecule is COc1cc(CCC(=O)NCc2cc(OC)c(OC)c(OC)c2)cc(OC)c1. The fourth-order valence-electron chi connectivity index (χ4n) is 2.80. The van der Waals surface area contributed by atoms with Gasteiger partial charge in [0.1, 0.15) is 11.5 Å². The highest BCUT2D eigenvalue weighted by atomic mass is 16.5. The van der Waals surface area contributed by atoms with Gasteiger partial charge in [-0.25, -0.2) is 0 Å². The number of carbonyl (C=O) groups is 1. The molecule has 2 aromatic rings. The number of ether oxygens (including phenoxy) is 5. The molecule has 152 valence electrons. The van der Waals surface area contributed by atoms with Gasteiger partial charge in [0, 0.05) is 19.0 Å². The van der Waals surface area contributed by atoms with Crippen LogP contribution in [-0.4, -0.2) is 41.5 Å². The van der Waals surface area contributed by atoms with Crippen LogP contribution >= 0.6 is 0 Å². The molecule has 0 radical (unpaired) electrons. The monoisotopic (exact) mass is 389 g/mol. The summed E-state index contributed by atoms with van der Waals surface area (Å²) in [6, 6.07) is 9.22. The molecule has 28 heavy (non-hydrogen) atoms. The molecule has 0 unspecified atom stereocenters. The second kappa shape index (κ2) is 10.3. The molecule has 0 aliphatic carbocycles. The van der Waals surface area contributed by atoms with Gasteiger partial charge in [-0.3, -0.25) is 4.79 Å². The number of hydrogen-bond acceptors (Lipinski definition) is 6. The number of aryl methyl sites for hydroxylation is 1. The number of rotatable bonds is 10. The van der Waals surface area contributed by atoms with E-state index in [1.807, 2.05) is 24.3 Å². The average Bonchev–Trinajstić information content (AvgIpc) is 2.74. The molecule has 0 atom stereocenters. The number of hydrogen-bond donors (Lipinski definition) is 1. The van der Waals surface area contributed by atoms with Crippen molar-refractivity contribution in [2.75, 3.05) is 35.5 Å². The molecule has 0 aliphatic rings. The zero-order valence-electron chi connectivity index (χ0n) is 17.0. The van der Waals surface area contributed by atoms with Gasteiger partial charge < -0.3 is 29.0 Å². The van der Waals surface area contributed by atoms with Crippen molar-refractivity contribution < 1.29 is 28.5 Å². The lowest BCUT2D eigenvalue weighted by molar-refractivity contribution is -0.121. The summed E-state index contributed by atoms with van der Waals surface area (Å²) < 4.78 is 26.5. The Morgan fingerprint density at radius 2 is 1.32 bits per heavy atom. The van der Waals surface area contributed by atoms with E-state index in [4.69, 9.17) is 23.7 Å². The van der Waals surface area contributed by atoms with E-state index in [9.17, 15) is 4.79 Å². The van der Waals surface area contributed by atoms with Gasteiger partial charge in [0.25, 0.3) is 0 Å². The molecule has 0 saturated carbocycles. The summed E-state index contributed by atoms with van der Waals surface area (Å²) in [7, 11) is 7.87. The smallest absolute Gasteiger partial charge is 0.220 e. The highest BCUT2D eigenvalue weighted by molar-refractivity contribution is 5.76. The molecular weight excluding hydrogens is 362 g/mol. The summed E-state index contributed by atoms with van der Waals surface area (Å²) in [5, 5.41) is 2.91. The van der Waals surface area contributed by atoms with E-state index in [0.29, 0.717) is 48.1 Å². The molecule has 0 aliphatic heterocycles. The third-order valence-corrected chi connectivity index (χ3v) is 4.27. The van der Waals surface area contributed by atoms with Crippen molar-refractivity contribution in [3.8, 4) is 28.7 Å². The van der Waals surface area contributed by atoms with E-state index in [0.717, 1.165) is 11.1 Å². The average molecular weight is 389 g/mol. The van der Waals surface area contributed by atoms with Crippen molar-refractivity contribution in [1.29, 1.82) is 0 Å². The largest absolute Gasteiger partial charge is 0.497 e. The van der Waals surface area contributed by atoms with Gasteiger partial charge in [-0.05, 0) is 41.8 Å². The number of nitrogens with one attached hydrogen (secondary N) is 1. The number of benzene rings is 2. The molecular formula is C21H27NO6. The minimum Gasteiger partial charge on any atom is -0.497 e. The van der Waals surface area contributed by atoms with Crippen molar-refractivity contribution in [1.82, 2.24) is 5.32 Å². The molecule has 2 aromatic carbocycles. The Morgan fingerprint density at radius 3 is 1.79 bits per heavy atom. The molecule has 0 saturated heterocycles. The molecule has 0 aromatic heterocycles. The fraction of sp³-hybridized carbons (Fsp3) is 0.381. The minimum absolute atomic E-state index is 0.0597. The van der Waals surface area contributed by atoms with Gasteiger partial charge in [-0.2, -0.15) is 0 Å². The van der Waals surface area contributed by atoms with Crippen molar-refractivity contribution in [2.45, 2.75) is 19.4 Å². The van der Waals surface area contributed by atoms with Gasteiger partial charge in [0.15, 0.2) is 11.5 Å². The van der Waals surface area contributed by atoms with Gasteiger partial charge in [0.2, 0.25) is 11.7 Å². The van der Waals surface area contributed by atoms with E-state index in [1.165, 1.54) is 0 Å². The zero-order chi connectivity index (χ0) is 20.5. The fourth-order valence-corrected chi connectivity index (χ4v) is 2.80. The normalized spacial score (nSPS) is 10.2. The Balaban J connectivity index is 1.97. The minimum atomic E-state index is -0.0597. The van der Waals surface area contributed by atoms with Crippen LogP contribution in [0.2, 0.25) is 0 Å². The lowest BCUT2D eigenvalue weighted by Gasteiger charge is -2.14. The standard InChI is InChI=1S/C21H27NO6/c1-24-16-8-14(9-17(12-16)25-2)6-7-20(23)22-13-15-10-18(26-3)21(28-5)19(11-15)27-4/h8-12H,6-7,13H2,1-5H3,(H,22,23). The maximum atomic E-state index is 12.3. The van der Waals surface area contributed by atoms with Crippen molar-refractivity contribution >= 4 is 5.91 Å². The Hall–Kier alpha value is -3.09. The maximum absolute atomic E-state index is 12.3. The zero-order valence-corrected chi connectivity index (χ0v) is 17.0. The summed E-state index contributed by atoms with van der Waals surface area (Å²) in [6.07, 6.45) is 0.926. The molecule has 0 spiro atoms. The second-order valence-electron chi connectivity index (χ2n) is 6.03. The molecule has 7 nitrogen and oxygen atoms in total. The van der Waals surface area contributed by atoms with Crippen LogP contribution in [0.1, 0.15) is 17.5 Å². The second-order valence-corrected chi connectivity index (χ2v) is 6.03. The van der Waals surface area contributed by atoms with E-state index < -0.39 is 0 Å². The molecule has 1 N–H and O–H groups in total. The summed E-state index contributed by atoms with van der Waals surface area (Å²) in [5.74, 6) is 2.96. The quantitative estimate of drug-likeness (QED) is 0.673. The Kier molecular flexibility index (Phi) is 7.80. The van der Waals surface area contributed by atoms with E-state index in [2.05, 4.69) is 5.32 Å². The van der Waals surface area contributed by atoms with Crippen LogP contribution in [-0.2, 0) is 17.8 Å². The first-order chi connectivity index (χ1) is 13.5. The van der Waals surface area contributed by atoms with Crippen molar-refractivity contribution in [3.05, 3.63) is 41.5 Å². The molecule has 0 heterocycles. The van der Waals surface area contributed by atoms with Crippen LogP contribution in [0.3, 0.4) is 0 Å². The van der Waals surface area contributed by atoms with Crippen LogP contribution in [0.15, 0.2) is 30.3 Å². The number of methoxy groups -OCH3 is 5. The Morgan fingerprint density at radius 1 is 0.750 bits per heavy atom. The van der Waals surface area contributed by atoms with E-state index in [1.54, 1.807) is 41.6 Å². The predicted molar refractivity (Wildman–Crippen MR) is 106 cm³/mol. The summed E-state index contributed by atoms with van der Waals surface area (Å²) in [6.45, 7) is 0.358. The lowest BCUT2D eigenvalue weighted by atomic mass is 10.1. The van der Waals surface area contributed by atoms with Crippen molar-refractivity contribution in [2.24, 2.45) is 0 Å². The van der Waals surface area contributed by atoms with Crippen LogP contribution in [0.5, 0.6) is 28.7 Å². The van der Waals surface area contributed by atoms with Crippen LogP contribution in [0, 0.1) is 0 Å². The first-order valence-corrected chi connectivity index (χ1v) is 8.82. The Bertz CT molecular complexity index is 758. The molecule has 7 heteroatoms. The topological polar surface area (TPSA) is 75.3 Å². The van der Waals surface area contributed by atoms with Gasteiger partial charge >= 0.3 is 0 Å². The third-order valence-electron chi connectivity index (χ3n) is 4.27. The summed E-state index contributed by atoms with van der Waals surface area (Å²) >= 11 is 0. The summed E-state index contributed by atoms with van der Waals surface area (Å²) in [4.78, 5) is 12.3. The highest BCUT2D eigenvalue weighted by Gasteiger charge is 2.13. The predicted octanol–water partition coefficient (Wildman–Crippen LogP) is 2.98. The van der Waals surface area contributed by atoms with Crippen molar-refractivity contribution in [3.63, 3.8) is 0 Å². The summed E-state index contributed by atoms with van der Waals surface area (Å²) in [5.41, 5.74) is 1.82. The van der Waals surface area contributed by atoms with Crippen LogP contribution < -0.4 is 29.0 Å². The molecule has 2 rings (SSSR count). The number of amides is 1. The first-order valence-electron chi connectivity index (χ1n) is 8.82. The van der Waals surface area contributed by atoms with Gasteiger partial charge in [-0.15, -0.1) is 0 Å².